The van der Waals surface area contributed by atoms with Gasteiger partial charge in [0.05, 0.1) is 7.11 Å². The molecule has 0 aliphatic carbocycles. The normalized spacial score (nSPS) is 12.6. The maximum atomic E-state index is 12.6. The summed E-state index contributed by atoms with van der Waals surface area (Å²) < 4.78 is 5.14. The maximum absolute atomic E-state index is 12.6. The van der Waals surface area contributed by atoms with E-state index in [1.54, 1.807) is 7.11 Å². The lowest BCUT2D eigenvalue weighted by molar-refractivity contribution is -0.132. The monoisotopic (exact) mass is 390 g/mol. The van der Waals surface area contributed by atoms with Gasteiger partial charge in [-0.1, -0.05) is 46.0 Å². The minimum absolute atomic E-state index is 0.0646. The van der Waals surface area contributed by atoms with Crippen LogP contribution < -0.4 is 15.4 Å². The quantitative estimate of drug-likeness (QED) is 0.789. The summed E-state index contributed by atoms with van der Waals surface area (Å²) in [6.45, 7) is 9.20. The molecule has 2 amide bonds. The highest BCUT2D eigenvalue weighted by Crippen LogP contribution is 2.28. The second-order valence-corrected chi connectivity index (χ2v) is 8.55. The zero-order chi connectivity index (χ0) is 20.2. The Morgan fingerprint density at radius 1 is 1.11 bits per heavy atom. The molecule has 0 aliphatic rings. The number of carbonyl (C=O) groups excluding carboxylic acids is 2. The third kappa shape index (κ3) is 5.50. The van der Waals surface area contributed by atoms with Crippen LogP contribution in [0.4, 0.5) is 5.13 Å². The Hall–Kier alpha value is -2.48. The van der Waals surface area contributed by atoms with E-state index in [1.807, 2.05) is 58.9 Å². The van der Waals surface area contributed by atoms with Crippen molar-refractivity contribution in [2.24, 2.45) is 11.3 Å². The van der Waals surface area contributed by atoms with Crippen molar-refractivity contribution in [3.63, 3.8) is 0 Å². The summed E-state index contributed by atoms with van der Waals surface area (Å²) in [5, 5.41) is 14.8. The van der Waals surface area contributed by atoms with Gasteiger partial charge < -0.3 is 10.1 Å². The average Bonchev–Trinajstić information content (AvgIpc) is 3.06. The van der Waals surface area contributed by atoms with Crippen LogP contribution in [-0.2, 0) is 9.59 Å². The Balaban J connectivity index is 2.09. The molecule has 0 bridgehead atoms. The van der Waals surface area contributed by atoms with E-state index in [-0.39, 0.29) is 17.7 Å². The summed E-state index contributed by atoms with van der Waals surface area (Å²) in [5.74, 6) is 0.212. The van der Waals surface area contributed by atoms with E-state index in [9.17, 15) is 9.59 Å². The smallest absolute Gasteiger partial charge is 0.249 e. The lowest BCUT2D eigenvalue weighted by Gasteiger charge is -2.25. The molecular weight excluding hydrogens is 364 g/mol. The number of aromatic nitrogens is 2. The number of nitrogens with one attached hydrogen (secondary N) is 2. The van der Waals surface area contributed by atoms with Gasteiger partial charge in [0.15, 0.2) is 0 Å². The molecule has 0 spiro atoms. The number of ether oxygens (including phenoxy) is 1. The van der Waals surface area contributed by atoms with Crippen molar-refractivity contribution in [3.05, 3.63) is 24.3 Å². The standard InChI is InChI=1S/C19H26N4O3S/c1-11(2)14(20-17(25)19(3,4)5)15(24)21-18-23-22-16(27-18)12-7-9-13(26-6)10-8-12/h7-11,14H,1-6H3,(H,20,25)(H,21,23,24). The van der Waals surface area contributed by atoms with Crippen LogP contribution in [0.15, 0.2) is 24.3 Å². The fraction of sp³-hybridized carbons (Fsp3) is 0.474. The van der Waals surface area contributed by atoms with Crippen LogP contribution >= 0.6 is 11.3 Å². The molecule has 146 valence electrons. The third-order valence-corrected chi connectivity index (χ3v) is 4.80. The van der Waals surface area contributed by atoms with E-state index in [1.165, 1.54) is 11.3 Å². The number of nitrogens with zero attached hydrogens (tertiary/aromatic N) is 2. The van der Waals surface area contributed by atoms with Gasteiger partial charge in [0.1, 0.15) is 16.8 Å². The van der Waals surface area contributed by atoms with Crippen LogP contribution in [0.1, 0.15) is 34.6 Å². The van der Waals surface area contributed by atoms with Crippen LogP contribution in [0.25, 0.3) is 10.6 Å². The van der Waals surface area contributed by atoms with Crippen molar-refractivity contribution in [2.45, 2.75) is 40.7 Å². The molecule has 7 nitrogen and oxygen atoms in total. The van der Waals surface area contributed by atoms with E-state index in [4.69, 9.17) is 4.74 Å². The molecule has 1 heterocycles. The van der Waals surface area contributed by atoms with Crippen molar-refractivity contribution in [1.82, 2.24) is 15.5 Å². The van der Waals surface area contributed by atoms with Crippen LogP contribution in [-0.4, -0.2) is 35.2 Å². The molecule has 27 heavy (non-hydrogen) atoms. The highest BCUT2D eigenvalue weighted by molar-refractivity contribution is 7.18. The van der Waals surface area contributed by atoms with Crippen LogP contribution in [0, 0.1) is 11.3 Å². The van der Waals surface area contributed by atoms with Gasteiger partial charge in [-0.05, 0) is 30.2 Å². The first-order valence-electron chi connectivity index (χ1n) is 8.71. The Kier molecular flexibility index (Phi) is 6.54. The first-order chi connectivity index (χ1) is 12.6. The highest BCUT2D eigenvalue weighted by Gasteiger charge is 2.30. The van der Waals surface area contributed by atoms with E-state index >= 15 is 0 Å². The molecule has 2 aromatic rings. The SMILES string of the molecule is COc1ccc(-c2nnc(NC(=O)C(NC(=O)C(C)(C)C)C(C)C)s2)cc1. The van der Waals surface area contributed by atoms with Gasteiger partial charge in [-0.2, -0.15) is 0 Å². The summed E-state index contributed by atoms with van der Waals surface area (Å²) >= 11 is 1.27. The lowest BCUT2D eigenvalue weighted by atomic mass is 9.93. The van der Waals surface area contributed by atoms with E-state index in [2.05, 4.69) is 20.8 Å². The first-order valence-corrected chi connectivity index (χ1v) is 9.53. The summed E-state index contributed by atoms with van der Waals surface area (Å²) in [7, 11) is 1.61. The van der Waals surface area contributed by atoms with Gasteiger partial charge in [-0.3, -0.25) is 14.9 Å². The molecule has 1 aromatic carbocycles. The van der Waals surface area contributed by atoms with E-state index in [0.717, 1.165) is 11.3 Å². The number of hydrogen-bond donors (Lipinski definition) is 2. The van der Waals surface area contributed by atoms with Gasteiger partial charge in [0.25, 0.3) is 0 Å². The van der Waals surface area contributed by atoms with Crippen LogP contribution in [0.3, 0.4) is 0 Å². The minimum Gasteiger partial charge on any atom is -0.497 e. The Morgan fingerprint density at radius 3 is 2.26 bits per heavy atom. The van der Waals surface area contributed by atoms with Crippen LogP contribution in [0.2, 0.25) is 0 Å². The Morgan fingerprint density at radius 2 is 1.74 bits per heavy atom. The molecule has 0 aliphatic heterocycles. The van der Waals surface area contributed by atoms with Gasteiger partial charge in [0, 0.05) is 11.0 Å². The van der Waals surface area contributed by atoms with Crippen molar-refractivity contribution in [2.75, 3.05) is 12.4 Å². The third-order valence-electron chi connectivity index (χ3n) is 3.91. The largest absolute Gasteiger partial charge is 0.497 e. The second-order valence-electron chi connectivity index (χ2n) is 7.58. The number of methoxy groups -OCH3 is 1. The molecule has 2 N–H and O–H groups in total. The molecule has 0 saturated carbocycles. The number of amides is 2. The van der Waals surface area contributed by atoms with E-state index in [0.29, 0.717) is 10.1 Å². The number of hydrogen-bond acceptors (Lipinski definition) is 6. The van der Waals surface area contributed by atoms with E-state index < -0.39 is 11.5 Å². The predicted molar refractivity (Wildman–Crippen MR) is 107 cm³/mol. The molecule has 0 saturated heterocycles. The molecular formula is C19H26N4O3S. The summed E-state index contributed by atoms with van der Waals surface area (Å²) in [4.78, 5) is 24.9. The molecule has 2 rings (SSSR count). The predicted octanol–water partition coefficient (Wildman–Crippen LogP) is 3.34. The molecule has 0 radical (unpaired) electrons. The highest BCUT2D eigenvalue weighted by atomic mass is 32.1. The topological polar surface area (TPSA) is 93.2 Å². The Bertz CT molecular complexity index is 794. The molecule has 8 heteroatoms. The van der Waals surface area contributed by atoms with Gasteiger partial charge in [-0.15, -0.1) is 10.2 Å². The van der Waals surface area contributed by atoms with Crippen molar-refractivity contribution in [3.8, 4) is 16.3 Å². The summed E-state index contributed by atoms with van der Waals surface area (Å²) in [5.41, 5.74) is 0.313. The average molecular weight is 391 g/mol. The minimum atomic E-state index is -0.648. The fourth-order valence-corrected chi connectivity index (χ4v) is 2.95. The number of rotatable bonds is 6. The molecule has 1 atom stereocenters. The molecule has 0 fully saturated rings. The number of anilines is 1. The number of benzene rings is 1. The van der Waals surface area contributed by atoms with Crippen molar-refractivity contribution >= 4 is 28.3 Å². The maximum Gasteiger partial charge on any atom is 0.249 e. The number of carbonyl (C=O) groups is 2. The van der Waals surface area contributed by atoms with Crippen molar-refractivity contribution < 1.29 is 14.3 Å². The summed E-state index contributed by atoms with van der Waals surface area (Å²) in [6, 6.07) is 6.79. The zero-order valence-electron chi connectivity index (χ0n) is 16.5. The van der Waals surface area contributed by atoms with Gasteiger partial charge in [-0.25, -0.2) is 0 Å². The zero-order valence-corrected chi connectivity index (χ0v) is 17.3. The van der Waals surface area contributed by atoms with Gasteiger partial charge >= 0.3 is 0 Å². The van der Waals surface area contributed by atoms with Crippen LogP contribution in [0.5, 0.6) is 5.75 Å². The van der Waals surface area contributed by atoms with Crippen molar-refractivity contribution in [1.29, 1.82) is 0 Å². The fourth-order valence-electron chi connectivity index (χ4n) is 2.20. The second kappa shape index (κ2) is 8.47. The first kappa shape index (κ1) is 20.8. The lowest BCUT2D eigenvalue weighted by Crippen LogP contribution is -2.50. The van der Waals surface area contributed by atoms with Gasteiger partial charge in [0.2, 0.25) is 16.9 Å². The Labute approximate surface area is 163 Å². The molecule has 1 unspecified atom stereocenters. The molecule has 1 aromatic heterocycles. The summed E-state index contributed by atoms with van der Waals surface area (Å²) in [6.07, 6.45) is 0.